The molecule has 0 aromatic heterocycles. The smallest absolute Gasteiger partial charge is 0.289 e. The number of halogens is 1. The maximum Gasteiger partial charge on any atom is 0.289 e. The monoisotopic (exact) mass is 462 g/mol. The van der Waals surface area contributed by atoms with Crippen LogP contribution in [0.25, 0.3) is 0 Å². The lowest BCUT2D eigenvalue weighted by molar-refractivity contribution is -0.384. The Morgan fingerprint density at radius 2 is 1.66 bits per heavy atom. The van der Waals surface area contributed by atoms with Gasteiger partial charge in [0, 0.05) is 26.7 Å². The van der Waals surface area contributed by atoms with Crippen molar-refractivity contribution in [3.05, 3.63) is 51.5 Å². The van der Waals surface area contributed by atoms with Gasteiger partial charge in [-0.25, -0.2) is 21.1 Å². The normalized spacial score (nSPS) is 12.0. The van der Waals surface area contributed by atoms with Crippen LogP contribution in [0.5, 0.6) is 0 Å². The molecule has 10 nitrogen and oxygen atoms in total. The molecule has 0 atom stereocenters. The van der Waals surface area contributed by atoms with Crippen LogP contribution in [-0.2, 0) is 20.0 Å². The van der Waals surface area contributed by atoms with Gasteiger partial charge in [0.25, 0.3) is 15.7 Å². The summed E-state index contributed by atoms with van der Waals surface area (Å²) in [6, 6.07) is 7.00. The quantitative estimate of drug-likeness (QED) is 0.454. The number of nitro benzene ring substituents is 1. The minimum atomic E-state index is -4.27. The zero-order valence-electron chi connectivity index (χ0n) is 15.7. The molecule has 2 N–H and O–H groups in total. The van der Waals surface area contributed by atoms with Crippen LogP contribution in [0.15, 0.2) is 46.2 Å². The van der Waals surface area contributed by atoms with Gasteiger partial charge in [-0.3, -0.25) is 14.8 Å². The van der Waals surface area contributed by atoms with Gasteiger partial charge in [-0.2, -0.15) is 0 Å². The van der Waals surface area contributed by atoms with Crippen LogP contribution in [0.1, 0.15) is 6.92 Å². The first kappa shape index (κ1) is 22.9. The third-order valence-corrected chi connectivity index (χ3v) is 7.30. The van der Waals surface area contributed by atoms with E-state index in [1.165, 1.54) is 32.3 Å². The molecule has 0 unspecified atom stereocenters. The Morgan fingerprint density at radius 1 is 1.03 bits per heavy atom. The molecule has 0 amide bonds. The van der Waals surface area contributed by atoms with E-state index in [0.29, 0.717) is 12.2 Å². The molecule has 13 heteroatoms. The molecule has 0 heterocycles. The van der Waals surface area contributed by atoms with Crippen LogP contribution < -0.4 is 10.0 Å². The molecule has 0 radical (unpaired) electrons. The number of rotatable bonds is 8. The van der Waals surface area contributed by atoms with Gasteiger partial charge in [-0.1, -0.05) is 11.6 Å². The summed E-state index contributed by atoms with van der Waals surface area (Å²) >= 11 is 5.73. The van der Waals surface area contributed by atoms with Crippen molar-refractivity contribution in [2.24, 2.45) is 0 Å². The van der Waals surface area contributed by atoms with E-state index in [0.717, 1.165) is 22.5 Å². The summed E-state index contributed by atoms with van der Waals surface area (Å²) in [5.41, 5.74) is -0.241. The predicted octanol–water partition coefficient (Wildman–Crippen LogP) is 2.73. The molecule has 0 aliphatic rings. The summed E-state index contributed by atoms with van der Waals surface area (Å²) in [4.78, 5) is 9.73. The molecule has 158 valence electrons. The van der Waals surface area contributed by atoms with Gasteiger partial charge in [0.05, 0.1) is 26.1 Å². The van der Waals surface area contributed by atoms with Crippen LogP contribution >= 0.6 is 11.6 Å². The second kappa shape index (κ2) is 8.53. The van der Waals surface area contributed by atoms with Crippen LogP contribution in [-0.4, -0.2) is 46.7 Å². The standard InChI is InChI=1S/C16H19ClN4O6S2/c1-4-18-14-8-6-12(29(26,27)20(2)3)9-15(14)19-28(24,25)11-5-7-13(17)16(10-11)21(22)23/h5-10,18-19H,4H2,1-3H3. The van der Waals surface area contributed by atoms with Crippen LogP contribution in [0.3, 0.4) is 0 Å². The first-order valence-corrected chi connectivity index (χ1v) is 11.5. The molecule has 29 heavy (non-hydrogen) atoms. The van der Waals surface area contributed by atoms with Crippen LogP contribution in [0.4, 0.5) is 17.1 Å². The SMILES string of the molecule is CCNc1ccc(S(=O)(=O)N(C)C)cc1NS(=O)(=O)c1ccc(Cl)c([N+](=O)[O-])c1. The number of sulfonamides is 2. The van der Waals surface area contributed by atoms with Crippen LogP contribution in [0.2, 0.25) is 5.02 Å². The lowest BCUT2D eigenvalue weighted by Crippen LogP contribution is -2.22. The molecular formula is C16H19ClN4O6S2. The highest BCUT2D eigenvalue weighted by Gasteiger charge is 2.24. The molecule has 0 aliphatic heterocycles. The first-order chi connectivity index (χ1) is 13.4. The Balaban J connectivity index is 2.56. The van der Waals surface area contributed by atoms with Crippen LogP contribution in [0, 0.1) is 10.1 Å². The van der Waals surface area contributed by atoms with Crippen molar-refractivity contribution in [1.82, 2.24) is 4.31 Å². The third kappa shape index (κ3) is 4.96. The summed E-state index contributed by atoms with van der Waals surface area (Å²) < 4.78 is 53.6. The fourth-order valence-electron chi connectivity index (χ4n) is 2.33. The molecule has 0 fully saturated rings. The van der Waals surface area contributed by atoms with Crippen molar-refractivity contribution in [3.8, 4) is 0 Å². The third-order valence-electron chi connectivity index (χ3n) is 3.81. The second-order valence-corrected chi connectivity index (χ2v) is 10.2. The van der Waals surface area contributed by atoms with Gasteiger partial charge in [-0.15, -0.1) is 0 Å². The predicted molar refractivity (Wildman–Crippen MR) is 110 cm³/mol. The zero-order chi connectivity index (χ0) is 22.0. The van der Waals surface area contributed by atoms with E-state index in [1.54, 1.807) is 6.92 Å². The number of hydrogen-bond acceptors (Lipinski definition) is 7. The van der Waals surface area contributed by atoms with E-state index in [1.807, 2.05) is 0 Å². The highest BCUT2D eigenvalue weighted by Crippen LogP contribution is 2.31. The Hall–Kier alpha value is -2.41. The number of anilines is 2. The number of nitro groups is 1. The molecule has 2 aromatic rings. The van der Waals surface area contributed by atoms with E-state index in [-0.39, 0.29) is 15.6 Å². The second-order valence-electron chi connectivity index (χ2n) is 6.00. The van der Waals surface area contributed by atoms with Crippen molar-refractivity contribution in [1.29, 1.82) is 0 Å². The molecule has 2 aromatic carbocycles. The summed E-state index contributed by atoms with van der Waals surface area (Å²) in [5, 5.41) is 13.8. The molecule has 2 rings (SSSR count). The van der Waals surface area contributed by atoms with Crippen molar-refractivity contribution >= 4 is 48.7 Å². The van der Waals surface area contributed by atoms with Gasteiger partial charge >= 0.3 is 0 Å². The highest BCUT2D eigenvalue weighted by atomic mass is 35.5. The molecule has 0 saturated carbocycles. The van der Waals surface area contributed by atoms with E-state index < -0.39 is 35.6 Å². The molecule has 0 saturated heterocycles. The number of nitrogens with one attached hydrogen (secondary N) is 2. The van der Waals surface area contributed by atoms with E-state index in [4.69, 9.17) is 11.6 Å². The minimum Gasteiger partial charge on any atom is -0.384 e. The van der Waals surface area contributed by atoms with Crippen molar-refractivity contribution in [3.63, 3.8) is 0 Å². The number of nitrogens with zero attached hydrogens (tertiary/aromatic N) is 2. The molecular weight excluding hydrogens is 444 g/mol. The maximum absolute atomic E-state index is 12.8. The Labute approximate surface area is 173 Å². The van der Waals surface area contributed by atoms with Crippen molar-refractivity contribution in [2.45, 2.75) is 16.7 Å². The van der Waals surface area contributed by atoms with E-state index >= 15 is 0 Å². The minimum absolute atomic E-state index is 0.0209. The summed E-state index contributed by atoms with van der Waals surface area (Å²) in [6.45, 7) is 2.23. The summed E-state index contributed by atoms with van der Waals surface area (Å²) in [6.07, 6.45) is 0. The molecule has 0 spiro atoms. The van der Waals surface area contributed by atoms with E-state index in [9.17, 15) is 26.9 Å². The topological polar surface area (TPSA) is 139 Å². The Bertz CT molecular complexity index is 1150. The van der Waals surface area contributed by atoms with Gasteiger partial charge in [-0.05, 0) is 37.3 Å². The first-order valence-electron chi connectivity index (χ1n) is 8.17. The maximum atomic E-state index is 12.8. The lowest BCUT2D eigenvalue weighted by Gasteiger charge is -2.17. The van der Waals surface area contributed by atoms with Gasteiger partial charge in [0.1, 0.15) is 5.02 Å². The average molecular weight is 463 g/mol. The largest absolute Gasteiger partial charge is 0.384 e. The van der Waals surface area contributed by atoms with Gasteiger partial charge < -0.3 is 5.32 Å². The lowest BCUT2D eigenvalue weighted by atomic mass is 10.2. The number of hydrogen-bond donors (Lipinski definition) is 2. The fraction of sp³-hybridized carbons (Fsp3) is 0.250. The zero-order valence-corrected chi connectivity index (χ0v) is 18.1. The van der Waals surface area contributed by atoms with Crippen molar-refractivity contribution < 1.29 is 21.8 Å². The molecule has 0 bridgehead atoms. The molecule has 0 aliphatic carbocycles. The highest BCUT2D eigenvalue weighted by molar-refractivity contribution is 7.92. The van der Waals surface area contributed by atoms with Gasteiger partial charge in [0.15, 0.2) is 0 Å². The average Bonchev–Trinajstić information content (AvgIpc) is 2.62. The van der Waals surface area contributed by atoms with E-state index in [2.05, 4.69) is 10.0 Å². The van der Waals surface area contributed by atoms with Gasteiger partial charge in [0.2, 0.25) is 10.0 Å². The summed E-state index contributed by atoms with van der Waals surface area (Å²) in [7, 11) is -5.38. The Kier molecular flexibility index (Phi) is 6.73. The fourth-order valence-corrected chi connectivity index (χ4v) is 4.53. The Morgan fingerprint density at radius 3 is 2.21 bits per heavy atom. The number of benzene rings is 2. The van der Waals surface area contributed by atoms with Crippen molar-refractivity contribution in [2.75, 3.05) is 30.7 Å². The summed E-state index contributed by atoms with van der Waals surface area (Å²) in [5.74, 6) is 0.